The highest BCUT2D eigenvalue weighted by molar-refractivity contribution is 5.16. The van der Waals surface area contributed by atoms with Crippen molar-refractivity contribution in [3.63, 3.8) is 0 Å². The van der Waals surface area contributed by atoms with Gasteiger partial charge in [-0.05, 0) is 44.7 Å². The third-order valence-electron chi connectivity index (χ3n) is 3.89. The molecule has 1 saturated carbocycles. The minimum Gasteiger partial charge on any atom is -0.309 e. The first-order valence-electron chi connectivity index (χ1n) is 7.10. The van der Waals surface area contributed by atoms with Crippen molar-refractivity contribution in [1.82, 2.24) is 15.1 Å². The molecule has 1 aliphatic rings. The normalized spacial score (nSPS) is 18.1. The molecule has 0 aromatic carbocycles. The van der Waals surface area contributed by atoms with Gasteiger partial charge in [-0.1, -0.05) is 20.3 Å². The van der Waals surface area contributed by atoms with Crippen LogP contribution >= 0.6 is 0 Å². The highest BCUT2D eigenvalue weighted by atomic mass is 15.3. The molecule has 0 amide bonds. The number of nitrogens with one attached hydrogen (secondary N) is 1. The first-order chi connectivity index (χ1) is 8.30. The SMILES string of the molecule is CCNC(c1cc(CC)nn1CC)C1CCC1. The van der Waals surface area contributed by atoms with Gasteiger partial charge in [-0.25, -0.2) is 0 Å². The predicted molar refractivity (Wildman–Crippen MR) is 71.0 cm³/mol. The lowest BCUT2D eigenvalue weighted by Gasteiger charge is -2.34. The molecule has 96 valence electrons. The molecule has 0 aliphatic heterocycles. The van der Waals surface area contributed by atoms with Gasteiger partial charge in [0.25, 0.3) is 0 Å². The number of rotatable bonds is 6. The number of hydrogen-bond acceptors (Lipinski definition) is 2. The molecule has 1 aliphatic carbocycles. The first kappa shape index (κ1) is 12.6. The van der Waals surface area contributed by atoms with Gasteiger partial charge in [0.2, 0.25) is 0 Å². The van der Waals surface area contributed by atoms with E-state index >= 15 is 0 Å². The average molecular weight is 235 g/mol. The van der Waals surface area contributed by atoms with E-state index in [-0.39, 0.29) is 0 Å². The number of aryl methyl sites for hydroxylation is 2. The second-order valence-electron chi connectivity index (χ2n) is 4.96. The molecular weight excluding hydrogens is 210 g/mol. The van der Waals surface area contributed by atoms with Gasteiger partial charge in [-0.3, -0.25) is 4.68 Å². The van der Waals surface area contributed by atoms with Crippen LogP contribution in [0.5, 0.6) is 0 Å². The van der Waals surface area contributed by atoms with Crippen LogP contribution in [-0.2, 0) is 13.0 Å². The summed E-state index contributed by atoms with van der Waals surface area (Å²) >= 11 is 0. The van der Waals surface area contributed by atoms with E-state index in [1.807, 2.05) is 0 Å². The van der Waals surface area contributed by atoms with E-state index in [1.165, 1.54) is 30.7 Å². The fraction of sp³-hybridized carbons (Fsp3) is 0.786. The van der Waals surface area contributed by atoms with Gasteiger partial charge >= 0.3 is 0 Å². The van der Waals surface area contributed by atoms with Crippen molar-refractivity contribution < 1.29 is 0 Å². The molecule has 0 radical (unpaired) electrons. The van der Waals surface area contributed by atoms with Crippen molar-refractivity contribution >= 4 is 0 Å². The summed E-state index contributed by atoms with van der Waals surface area (Å²) in [5.74, 6) is 0.821. The third kappa shape index (κ3) is 2.54. The van der Waals surface area contributed by atoms with Crippen LogP contribution < -0.4 is 5.32 Å². The topological polar surface area (TPSA) is 29.9 Å². The molecule has 1 N–H and O–H groups in total. The van der Waals surface area contributed by atoms with Crippen LogP contribution in [0.2, 0.25) is 0 Å². The molecule has 1 aromatic rings. The zero-order chi connectivity index (χ0) is 12.3. The van der Waals surface area contributed by atoms with Crippen molar-refractivity contribution in [3.8, 4) is 0 Å². The van der Waals surface area contributed by atoms with Crippen molar-refractivity contribution in [2.45, 2.75) is 59.0 Å². The summed E-state index contributed by atoms with van der Waals surface area (Å²) in [5.41, 5.74) is 2.62. The Labute approximate surface area is 105 Å². The standard InChI is InChI=1S/C14H25N3/c1-4-12-10-13(17(6-3)16-12)14(15-5-2)11-8-7-9-11/h10-11,14-15H,4-9H2,1-3H3. The van der Waals surface area contributed by atoms with Crippen LogP contribution in [0.15, 0.2) is 6.07 Å². The van der Waals surface area contributed by atoms with E-state index in [4.69, 9.17) is 0 Å². The smallest absolute Gasteiger partial charge is 0.0625 e. The van der Waals surface area contributed by atoms with Crippen LogP contribution in [0.25, 0.3) is 0 Å². The van der Waals surface area contributed by atoms with Crippen molar-refractivity contribution in [2.75, 3.05) is 6.54 Å². The van der Waals surface area contributed by atoms with Crippen LogP contribution in [-0.4, -0.2) is 16.3 Å². The summed E-state index contributed by atoms with van der Waals surface area (Å²) in [4.78, 5) is 0. The molecule has 0 spiro atoms. The lowest BCUT2D eigenvalue weighted by molar-refractivity contribution is 0.224. The molecule has 1 unspecified atom stereocenters. The van der Waals surface area contributed by atoms with E-state index in [2.05, 4.69) is 41.9 Å². The Kier molecular flexibility index (Phi) is 4.21. The quantitative estimate of drug-likeness (QED) is 0.821. The lowest BCUT2D eigenvalue weighted by Crippen LogP contribution is -2.33. The highest BCUT2D eigenvalue weighted by Gasteiger charge is 2.30. The molecule has 1 aromatic heterocycles. The molecule has 1 fully saturated rings. The van der Waals surface area contributed by atoms with Crippen LogP contribution in [0, 0.1) is 5.92 Å². The molecule has 1 atom stereocenters. The zero-order valence-corrected chi connectivity index (χ0v) is 11.4. The third-order valence-corrected chi connectivity index (χ3v) is 3.89. The molecule has 3 nitrogen and oxygen atoms in total. The second-order valence-corrected chi connectivity index (χ2v) is 4.96. The summed E-state index contributed by atoms with van der Waals surface area (Å²) in [6, 6.07) is 2.82. The maximum absolute atomic E-state index is 4.67. The minimum atomic E-state index is 0.515. The Bertz CT molecular complexity index is 352. The molecule has 1 heterocycles. The number of hydrogen-bond donors (Lipinski definition) is 1. The molecular formula is C14H25N3. The average Bonchev–Trinajstić information content (AvgIpc) is 2.69. The summed E-state index contributed by atoms with van der Waals surface area (Å²) < 4.78 is 2.18. The number of nitrogens with zero attached hydrogens (tertiary/aromatic N) is 2. The van der Waals surface area contributed by atoms with Crippen molar-refractivity contribution in [2.24, 2.45) is 5.92 Å². The predicted octanol–water partition coefficient (Wildman–Crippen LogP) is 2.92. The summed E-state index contributed by atoms with van der Waals surface area (Å²) in [7, 11) is 0. The van der Waals surface area contributed by atoms with Crippen LogP contribution in [0.3, 0.4) is 0 Å². The molecule has 2 rings (SSSR count). The Morgan fingerprint density at radius 2 is 2.18 bits per heavy atom. The van der Waals surface area contributed by atoms with E-state index in [0.717, 1.165) is 25.4 Å². The minimum absolute atomic E-state index is 0.515. The summed E-state index contributed by atoms with van der Waals surface area (Å²) in [5, 5.41) is 8.32. The van der Waals surface area contributed by atoms with E-state index in [1.54, 1.807) is 0 Å². The number of aromatic nitrogens is 2. The van der Waals surface area contributed by atoms with Gasteiger partial charge < -0.3 is 5.32 Å². The maximum Gasteiger partial charge on any atom is 0.0625 e. The second kappa shape index (κ2) is 5.67. The van der Waals surface area contributed by atoms with Crippen LogP contribution in [0.1, 0.15) is 57.5 Å². The Balaban J connectivity index is 2.23. The van der Waals surface area contributed by atoms with Gasteiger partial charge in [-0.2, -0.15) is 5.10 Å². The summed E-state index contributed by atoms with van der Waals surface area (Å²) in [6.07, 6.45) is 5.17. The van der Waals surface area contributed by atoms with Gasteiger partial charge in [0.05, 0.1) is 17.4 Å². The van der Waals surface area contributed by atoms with Crippen molar-refractivity contribution in [3.05, 3.63) is 17.5 Å². The Hall–Kier alpha value is -0.830. The van der Waals surface area contributed by atoms with E-state index in [9.17, 15) is 0 Å². The Morgan fingerprint density at radius 3 is 2.65 bits per heavy atom. The van der Waals surface area contributed by atoms with Gasteiger partial charge in [0, 0.05) is 6.54 Å². The largest absolute Gasteiger partial charge is 0.309 e. The van der Waals surface area contributed by atoms with Crippen molar-refractivity contribution in [1.29, 1.82) is 0 Å². The highest BCUT2D eigenvalue weighted by Crippen LogP contribution is 2.37. The molecule has 0 saturated heterocycles. The maximum atomic E-state index is 4.67. The van der Waals surface area contributed by atoms with Gasteiger partial charge in [0.1, 0.15) is 0 Å². The van der Waals surface area contributed by atoms with Gasteiger partial charge in [0.15, 0.2) is 0 Å². The monoisotopic (exact) mass is 235 g/mol. The summed E-state index contributed by atoms with van der Waals surface area (Å²) in [6.45, 7) is 8.57. The molecule has 0 bridgehead atoms. The van der Waals surface area contributed by atoms with E-state index in [0.29, 0.717) is 6.04 Å². The van der Waals surface area contributed by atoms with E-state index < -0.39 is 0 Å². The Morgan fingerprint density at radius 1 is 1.41 bits per heavy atom. The van der Waals surface area contributed by atoms with Gasteiger partial charge in [-0.15, -0.1) is 0 Å². The molecule has 17 heavy (non-hydrogen) atoms. The first-order valence-corrected chi connectivity index (χ1v) is 7.10. The molecule has 3 heteroatoms. The zero-order valence-electron chi connectivity index (χ0n) is 11.4. The fourth-order valence-electron chi connectivity index (χ4n) is 2.67. The fourth-order valence-corrected chi connectivity index (χ4v) is 2.67. The lowest BCUT2D eigenvalue weighted by atomic mass is 9.78. The van der Waals surface area contributed by atoms with Crippen LogP contribution in [0.4, 0.5) is 0 Å².